The smallest absolute Gasteiger partial charge is 0.263 e. The minimum Gasteiger partial charge on any atom is -0.396 e. The van der Waals surface area contributed by atoms with Gasteiger partial charge in [0.25, 0.3) is 5.91 Å². The fourth-order valence-corrected chi connectivity index (χ4v) is 4.84. The van der Waals surface area contributed by atoms with Crippen LogP contribution in [0.15, 0.2) is 4.90 Å². The van der Waals surface area contributed by atoms with Crippen molar-refractivity contribution in [2.24, 2.45) is 0 Å². The van der Waals surface area contributed by atoms with E-state index < -0.39 is 0 Å². The highest BCUT2D eigenvalue weighted by Crippen LogP contribution is 2.42. The van der Waals surface area contributed by atoms with Gasteiger partial charge in [-0.15, -0.1) is 23.1 Å². The van der Waals surface area contributed by atoms with Crippen LogP contribution in [0.3, 0.4) is 0 Å². The Bertz CT molecular complexity index is 480. The molecule has 1 amide bonds. The first kappa shape index (κ1) is 16.5. The first-order valence-corrected chi connectivity index (χ1v) is 9.66. The molecule has 1 aliphatic rings. The lowest BCUT2D eigenvalue weighted by molar-refractivity contribution is 0.0968. The number of hydrogen-bond donors (Lipinski definition) is 3. The molecule has 0 bridgehead atoms. The van der Waals surface area contributed by atoms with Crippen LogP contribution in [0.25, 0.3) is 0 Å². The summed E-state index contributed by atoms with van der Waals surface area (Å²) in [5, 5.41) is 7.37. The zero-order valence-electron chi connectivity index (χ0n) is 12.8. The third-order valence-electron chi connectivity index (χ3n) is 3.98. The van der Waals surface area contributed by atoms with E-state index in [0.717, 1.165) is 9.90 Å². The Kier molecular flexibility index (Phi) is 6.23. The second kappa shape index (κ2) is 7.94. The highest BCUT2D eigenvalue weighted by Gasteiger charge is 2.22. The van der Waals surface area contributed by atoms with E-state index in [-0.39, 0.29) is 5.91 Å². The Morgan fingerprint density at radius 1 is 1.24 bits per heavy atom. The van der Waals surface area contributed by atoms with Crippen LogP contribution in [-0.4, -0.2) is 25.3 Å². The number of nitrogen functional groups attached to an aromatic ring is 1. The summed E-state index contributed by atoms with van der Waals surface area (Å²) in [7, 11) is 1.64. The van der Waals surface area contributed by atoms with Crippen LogP contribution >= 0.6 is 23.1 Å². The van der Waals surface area contributed by atoms with Crippen molar-refractivity contribution < 1.29 is 4.79 Å². The van der Waals surface area contributed by atoms with E-state index >= 15 is 0 Å². The molecule has 4 nitrogen and oxygen atoms in total. The highest BCUT2D eigenvalue weighted by atomic mass is 32.2. The van der Waals surface area contributed by atoms with Crippen LogP contribution in [0.5, 0.6) is 0 Å². The number of carbonyl (C=O) groups is 1. The SMILES string of the molecule is CNC(=O)c1sc(NC2CCCCCCC2)c(SC)c1N. The van der Waals surface area contributed by atoms with Gasteiger partial charge in [-0.1, -0.05) is 32.1 Å². The topological polar surface area (TPSA) is 67.2 Å². The molecule has 0 saturated heterocycles. The van der Waals surface area contributed by atoms with Crippen molar-refractivity contribution in [3.63, 3.8) is 0 Å². The number of thiophene rings is 1. The molecular weight excluding hydrogens is 302 g/mol. The Morgan fingerprint density at radius 2 is 1.86 bits per heavy atom. The Morgan fingerprint density at radius 3 is 2.43 bits per heavy atom. The van der Waals surface area contributed by atoms with Crippen molar-refractivity contribution in [1.29, 1.82) is 0 Å². The van der Waals surface area contributed by atoms with Crippen LogP contribution in [0.4, 0.5) is 10.7 Å². The molecular formula is C15H25N3OS2. The van der Waals surface area contributed by atoms with Crippen molar-refractivity contribution in [3.05, 3.63) is 4.88 Å². The van der Waals surface area contributed by atoms with E-state index in [1.807, 2.05) is 6.26 Å². The molecule has 1 heterocycles. The summed E-state index contributed by atoms with van der Waals surface area (Å²) in [6, 6.07) is 0.506. The van der Waals surface area contributed by atoms with E-state index in [0.29, 0.717) is 16.6 Å². The molecule has 0 unspecified atom stereocenters. The molecule has 1 fully saturated rings. The van der Waals surface area contributed by atoms with Gasteiger partial charge in [-0.25, -0.2) is 0 Å². The molecule has 1 aromatic rings. The second-order valence-electron chi connectivity index (χ2n) is 5.47. The minimum absolute atomic E-state index is 0.0986. The first-order chi connectivity index (χ1) is 10.2. The van der Waals surface area contributed by atoms with Gasteiger partial charge >= 0.3 is 0 Å². The van der Waals surface area contributed by atoms with Gasteiger partial charge in [0.15, 0.2) is 0 Å². The third kappa shape index (κ3) is 4.07. The highest BCUT2D eigenvalue weighted by molar-refractivity contribution is 7.99. The monoisotopic (exact) mass is 327 g/mol. The molecule has 0 aliphatic heterocycles. The van der Waals surface area contributed by atoms with Gasteiger partial charge in [0.1, 0.15) is 9.88 Å². The molecule has 6 heteroatoms. The molecule has 0 aromatic carbocycles. The molecule has 4 N–H and O–H groups in total. The number of amides is 1. The number of anilines is 2. The molecule has 1 saturated carbocycles. The average Bonchev–Trinajstić information content (AvgIpc) is 2.76. The van der Waals surface area contributed by atoms with E-state index in [4.69, 9.17) is 5.73 Å². The van der Waals surface area contributed by atoms with Crippen LogP contribution in [0.2, 0.25) is 0 Å². The van der Waals surface area contributed by atoms with Crippen molar-refractivity contribution in [1.82, 2.24) is 5.32 Å². The third-order valence-corrected chi connectivity index (χ3v) is 6.07. The van der Waals surface area contributed by atoms with Gasteiger partial charge in [0, 0.05) is 13.1 Å². The zero-order chi connectivity index (χ0) is 15.2. The number of carbonyl (C=O) groups excluding carboxylic acids is 1. The minimum atomic E-state index is -0.0986. The first-order valence-electron chi connectivity index (χ1n) is 7.62. The maximum Gasteiger partial charge on any atom is 0.263 e. The summed E-state index contributed by atoms with van der Waals surface area (Å²) in [5.41, 5.74) is 6.75. The van der Waals surface area contributed by atoms with E-state index in [2.05, 4.69) is 10.6 Å². The zero-order valence-corrected chi connectivity index (χ0v) is 14.5. The molecule has 0 spiro atoms. The van der Waals surface area contributed by atoms with Crippen LogP contribution in [0, 0.1) is 0 Å². The predicted molar refractivity (Wildman–Crippen MR) is 93.6 cm³/mol. The van der Waals surface area contributed by atoms with Gasteiger partial charge in [-0.05, 0) is 19.1 Å². The summed E-state index contributed by atoms with van der Waals surface area (Å²) in [6.07, 6.45) is 11.0. The second-order valence-corrected chi connectivity index (χ2v) is 7.31. The summed E-state index contributed by atoms with van der Waals surface area (Å²) < 4.78 is 0. The Hall–Kier alpha value is -0.880. The van der Waals surface area contributed by atoms with E-state index in [9.17, 15) is 4.79 Å². The lowest BCUT2D eigenvalue weighted by Gasteiger charge is -2.21. The van der Waals surface area contributed by atoms with Crippen molar-refractivity contribution >= 4 is 39.7 Å². The average molecular weight is 328 g/mol. The molecule has 0 atom stereocenters. The van der Waals surface area contributed by atoms with Crippen molar-refractivity contribution in [2.45, 2.75) is 55.9 Å². The fourth-order valence-electron chi connectivity index (χ4n) is 2.79. The van der Waals surface area contributed by atoms with Crippen molar-refractivity contribution in [3.8, 4) is 0 Å². The number of nitrogens with one attached hydrogen (secondary N) is 2. The lowest BCUT2D eigenvalue weighted by atomic mass is 9.97. The Labute approximate surface area is 135 Å². The molecule has 1 aliphatic carbocycles. The normalized spacial score (nSPS) is 17.0. The standard InChI is InChI=1S/C15H25N3OS2/c1-17-14(19)12-11(16)13(20-2)15(21-12)18-10-8-6-4-3-5-7-9-10/h10,18H,3-9,16H2,1-2H3,(H,17,19). The predicted octanol–water partition coefficient (Wildman–Crippen LogP) is 3.94. The van der Waals surface area contributed by atoms with Crippen LogP contribution in [-0.2, 0) is 0 Å². The summed E-state index contributed by atoms with van der Waals surface area (Å²) in [6.45, 7) is 0. The van der Waals surface area contributed by atoms with Crippen LogP contribution < -0.4 is 16.4 Å². The molecule has 2 rings (SSSR count). The van der Waals surface area contributed by atoms with Gasteiger partial charge in [-0.2, -0.15) is 0 Å². The molecule has 21 heavy (non-hydrogen) atoms. The van der Waals surface area contributed by atoms with Crippen LogP contribution in [0.1, 0.15) is 54.6 Å². The number of thioether (sulfide) groups is 1. The number of rotatable bonds is 4. The summed E-state index contributed by atoms with van der Waals surface area (Å²) in [4.78, 5) is 13.5. The molecule has 118 valence electrons. The quantitative estimate of drug-likeness (QED) is 0.733. The van der Waals surface area contributed by atoms with Gasteiger partial charge in [0.2, 0.25) is 0 Å². The molecule has 0 radical (unpaired) electrons. The maximum absolute atomic E-state index is 11.9. The summed E-state index contributed by atoms with van der Waals surface area (Å²) >= 11 is 3.09. The Balaban J connectivity index is 2.16. The molecule has 1 aromatic heterocycles. The lowest BCUT2D eigenvalue weighted by Crippen LogP contribution is -2.20. The number of hydrogen-bond acceptors (Lipinski definition) is 5. The largest absolute Gasteiger partial charge is 0.396 e. The number of nitrogens with two attached hydrogens (primary N) is 1. The van der Waals surface area contributed by atoms with Gasteiger partial charge < -0.3 is 16.4 Å². The fraction of sp³-hybridized carbons (Fsp3) is 0.667. The maximum atomic E-state index is 11.9. The van der Waals surface area contributed by atoms with E-state index in [1.165, 1.54) is 56.3 Å². The summed E-state index contributed by atoms with van der Waals surface area (Å²) in [5.74, 6) is -0.0986. The van der Waals surface area contributed by atoms with Crippen molar-refractivity contribution in [2.75, 3.05) is 24.4 Å². The van der Waals surface area contributed by atoms with E-state index in [1.54, 1.807) is 18.8 Å². The van der Waals surface area contributed by atoms with Gasteiger partial charge in [0.05, 0.1) is 10.6 Å². The van der Waals surface area contributed by atoms with Gasteiger partial charge in [-0.3, -0.25) is 4.79 Å².